The van der Waals surface area contributed by atoms with Crippen molar-refractivity contribution in [2.45, 2.75) is 25.0 Å². The highest BCUT2D eigenvalue weighted by Crippen LogP contribution is 2.38. The molecule has 74 valence electrons. The van der Waals surface area contributed by atoms with Gasteiger partial charge in [-0.2, -0.15) is 13.2 Å². The molecule has 0 unspecified atom stereocenters. The lowest BCUT2D eigenvalue weighted by molar-refractivity contribution is -0.210. The molecule has 3 atom stereocenters. The van der Waals surface area contributed by atoms with E-state index in [1.54, 1.807) is 0 Å². The van der Waals surface area contributed by atoms with Crippen molar-refractivity contribution in [3.63, 3.8) is 0 Å². The van der Waals surface area contributed by atoms with Gasteiger partial charge in [-0.05, 0) is 6.42 Å². The van der Waals surface area contributed by atoms with Crippen LogP contribution in [0.3, 0.4) is 0 Å². The standard InChI is InChI=1S/C7H7F3O3/c8-7(9,10)4-1-3-2-12-6(13-3)5(4)11/h3-4,6H,1-2H2/t3-,4+,6+/m0/s1. The van der Waals surface area contributed by atoms with Gasteiger partial charge in [-0.25, -0.2) is 0 Å². The van der Waals surface area contributed by atoms with Crippen molar-refractivity contribution in [2.75, 3.05) is 6.61 Å². The van der Waals surface area contributed by atoms with E-state index < -0.39 is 30.3 Å². The number of halogens is 3. The highest BCUT2D eigenvalue weighted by Gasteiger charge is 2.54. The van der Waals surface area contributed by atoms with Crippen LogP contribution in [0.1, 0.15) is 6.42 Å². The third-order valence-corrected chi connectivity index (χ3v) is 2.22. The summed E-state index contributed by atoms with van der Waals surface area (Å²) in [7, 11) is 0. The predicted octanol–water partition coefficient (Wildman–Crippen LogP) is 0.879. The Morgan fingerprint density at radius 1 is 1.38 bits per heavy atom. The van der Waals surface area contributed by atoms with Crippen molar-refractivity contribution in [2.24, 2.45) is 5.92 Å². The lowest BCUT2D eigenvalue weighted by Gasteiger charge is -2.26. The summed E-state index contributed by atoms with van der Waals surface area (Å²) in [5.41, 5.74) is 0. The minimum Gasteiger partial charge on any atom is -0.343 e. The predicted molar refractivity (Wildman–Crippen MR) is 33.8 cm³/mol. The van der Waals surface area contributed by atoms with Crippen molar-refractivity contribution in [3.05, 3.63) is 0 Å². The van der Waals surface area contributed by atoms with Crippen LogP contribution in [0.15, 0.2) is 0 Å². The normalized spacial score (nSPS) is 39.6. The van der Waals surface area contributed by atoms with E-state index in [1.807, 2.05) is 0 Å². The van der Waals surface area contributed by atoms with Gasteiger partial charge in [-0.1, -0.05) is 0 Å². The van der Waals surface area contributed by atoms with E-state index in [0.29, 0.717) is 0 Å². The molecule has 2 heterocycles. The van der Waals surface area contributed by atoms with E-state index in [-0.39, 0.29) is 13.0 Å². The van der Waals surface area contributed by atoms with Gasteiger partial charge in [0.05, 0.1) is 12.7 Å². The smallest absolute Gasteiger partial charge is 0.343 e. The molecule has 2 aliphatic rings. The molecule has 0 N–H and O–H groups in total. The minimum absolute atomic E-state index is 0.0863. The van der Waals surface area contributed by atoms with E-state index >= 15 is 0 Å². The molecule has 6 heteroatoms. The first-order valence-corrected chi connectivity index (χ1v) is 3.86. The largest absolute Gasteiger partial charge is 0.398 e. The third kappa shape index (κ3) is 1.44. The molecule has 3 nitrogen and oxygen atoms in total. The number of hydrogen-bond donors (Lipinski definition) is 0. The fourth-order valence-corrected chi connectivity index (χ4v) is 1.56. The van der Waals surface area contributed by atoms with Crippen LogP contribution in [-0.2, 0) is 14.3 Å². The van der Waals surface area contributed by atoms with Crippen molar-refractivity contribution in [1.29, 1.82) is 0 Å². The Hall–Kier alpha value is -0.620. The molecule has 13 heavy (non-hydrogen) atoms. The zero-order valence-electron chi connectivity index (χ0n) is 6.50. The molecule has 2 aliphatic heterocycles. The Morgan fingerprint density at radius 3 is 2.69 bits per heavy atom. The topological polar surface area (TPSA) is 35.5 Å². The van der Waals surface area contributed by atoms with Gasteiger partial charge in [0.25, 0.3) is 0 Å². The summed E-state index contributed by atoms with van der Waals surface area (Å²) in [4.78, 5) is 11.1. The molecule has 2 saturated heterocycles. The third-order valence-electron chi connectivity index (χ3n) is 2.22. The maximum absolute atomic E-state index is 12.2. The van der Waals surface area contributed by atoms with E-state index in [2.05, 4.69) is 0 Å². The number of alkyl halides is 3. The van der Waals surface area contributed by atoms with Crippen LogP contribution in [0.25, 0.3) is 0 Å². The quantitative estimate of drug-likeness (QED) is 0.576. The van der Waals surface area contributed by atoms with Gasteiger partial charge in [0.15, 0.2) is 0 Å². The molecule has 0 aliphatic carbocycles. The lowest BCUT2D eigenvalue weighted by Crippen LogP contribution is -2.43. The first kappa shape index (κ1) is 8.96. The molecule has 2 fully saturated rings. The number of carbonyl (C=O) groups is 1. The van der Waals surface area contributed by atoms with Gasteiger partial charge in [-0.15, -0.1) is 0 Å². The fraction of sp³-hybridized carbons (Fsp3) is 0.857. The molecule has 0 spiro atoms. The summed E-state index contributed by atoms with van der Waals surface area (Å²) in [6.45, 7) is 0.0863. The Bertz CT molecular complexity index is 238. The van der Waals surface area contributed by atoms with Crippen LogP contribution in [0, 0.1) is 5.92 Å². The average molecular weight is 196 g/mol. The molecule has 0 radical (unpaired) electrons. The number of rotatable bonds is 0. The Labute approximate surface area is 71.8 Å². The van der Waals surface area contributed by atoms with Crippen molar-refractivity contribution in [3.8, 4) is 0 Å². The summed E-state index contributed by atoms with van der Waals surface area (Å²) in [6, 6.07) is 0. The Morgan fingerprint density at radius 2 is 2.08 bits per heavy atom. The summed E-state index contributed by atoms with van der Waals surface area (Å²) >= 11 is 0. The second kappa shape index (κ2) is 2.68. The second-order valence-electron chi connectivity index (χ2n) is 3.16. The zero-order chi connectivity index (χ0) is 9.64. The maximum Gasteiger partial charge on any atom is 0.398 e. The van der Waals surface area contributed by atoms with E-state index in [4.69, 9.17) is 9.47 Å². The fourth-order valence-electron chi connectivity index (χ4n) is 1.56. The average Bonchev–Trinajstić information content (AvgIpc) is 2.39. The summed E-state index contributed by atoms with van der Waals surface area (Å²) in [6.07, 6.45) is -6.64. The number of ketones is 1. The molecular formula is C7H7F3O3. The van der Waals surface area contributed by atoms with Gasteiger partial charge in [-0.3, -0.25) is 4.79 Å². The Kier molecular flexibility index (Phi) is 1.85. The molecule has 0 saturated carbocycles. The van der Waals surface area contributed by atoms with Gasteiger partial charge < -0.3 is 9.47 Å². The van der Waals surface area contributed by atoms with Crippen LogP contribution in [0.2, 0.25) is 0 Å². The number of carbonyl (C=O) groups excluding carboxylic acids is 1. The van der Waals surface area contributed by atoms with Crippen LogP contribution in [-0.4, -0.2) is 31.0 Å². The van der Waals surface area contributed by atoms with Crippen molar-refractivity contribution in [1.82, 2.24) is 0 Å². The van der Waals surface area contributed by atoms with E-state index in [1.165, 1.54) is 0 Å². The maximum atomic E-state index is 12.2. The van der Waals surface area contributed by atoms with Gasteiger partial charge in [0.1, 0.15) is 5.92 Å². The number of ether oxygens (including phenoxy) is 2. The summed E-state index contributed by atoms with van der Waals surface area (Å²) < 4.78 is 46.3. The highest BCUT2D eigenvalue weighted by molar-refractivity contribution is 5.86. The van der Waals surface area contributed by atoms with Crippen molar-refractivity contribution < 1.29 is 27.4 Å². The molecule has 0 amide bonds. The zero-order valence-corrected chi connectivity index (χ0v) is 6.50. The Balaban J connectivity index is 2.18. The van der Waals surface area contributed by atoms with Gasteiger partial charge in [0.2, 0.25) is 12.1 Å². The monoisotopic (exact) mass is 196 g/mol. The van der Waals surface area contributed by atoms with E-state index in [0.717, 1.165) is 0 Å². The second-order valence-corrected chi connectivity index (χ2v) is 3.16. The molecule has 2 bridgehead atoms. The highest BCUT2D eigenvalue weighted by atomic mass is 19.4. The summed E-state index contributed by atoms with van der Waals surface area (Å²) in [5, 5.41) is 0. The minimum atomic E-state index is -4.47. The van der Waals surface area contributed by atoms with E-state index in [9.17, 15) is 18.0 Å². The summed E-state index contributed by atoms with van der Waals surface area (Å²) in [5.74, 6) is -2.90. The first-order valence-electron chi connectivity index (χ1n) is 3.86. The molecule has 0 aromatic carbocycles. The number of Topliss-reactive ketones (excluding diaryl/α,β-unsaturated/α-hetero) is 1. The first-order chi connectivity index (χ1) is 5.98. The lowest BCUT2D eigenvalue weighted by atomic mass is 9.94. The van der Waals surface area contributed by atoms with Crippen LogP contribution in [0.5, 0.6) is 0 Å². The van der Waals surface area contributed by atoms with Crippen LogP contribution in [0.4, 0.5) is 13.2 Å². The number of hydrogen-bond acceptors (Lipinski definition) is 3. The van der Waals surface area contributed by atoms with Gasteiger partial charge in [0, 0.05) is 0 Å². The van der Waals surface area contributed by atoms with Gasteiger partial charge >= 0.3 is 6.18 Å². The molecule has 0 aromatic rings. The van der Waals surface area contributed by atoms with Crippen LogP contribution < -0.4 is 0 Å². The van der Waals surface area contributed by atoms with Crippen LogP contribution >= 0.6 is 0 Å². The number of fused-ring (bicyclic) bond motifs is 2. The SMILES string of the molecule is O=C1[C@@H]2OC[C@H](C[C@H]1C(F)(F)F)O2. The molecule has 2 rings (SSSR count). The van der Waals surface area contributed by atoms with Crippen molar-refractivity contribution >= 4 is 5.78 Å². The molecule has 0 aromatic heterocycles. The molecular weight excluding hydrogens is 189 g/mol.